The normalized spacial score (nSPS) is 19.5. The van der Waals surface area contributed by atoms with Crippen LogP contribution in [-0.4, -0.2) is 49.4 Å². The standard InChI is InChI=1S/C8H18NO.C2H4O2.HI/c1-9(2)5-3-8(7-10)4-6-9;1-2(3)4;/h8,10H,3-7H2,1-2H3;1H3,(H,3,4);1H/q+1;;/p-1. The first kappa shape index (κ1) is 17.5. The molecule has 1 saturated heterocycles. The summed E-state index contributed by atoms with van der Waals surface area (Å²) in [6.45, 7) is 3.82. The van der Waals surface area contributed by atoms with Gasteiger partial charge in [0.25, 0.3) is 0 Å². The summed E-state index contributed by atoms with van der Waals surface area (Å²) in [4.78, 5) is 8.89. The Labute approximate surface area is 109 Å². The van der Waals surface area contributed by atoms with Gasteiger partial charge in [0.15, 0.2) is 0 Å². The highest BCUT2D eigenvalue weighted by Crippen LogP contribution is 2.18. The first-order chi connectivity index (χ1) is 6.37. The SMILES string of the molecule is CC(=O)[O-].C[N+]1(C)CCC(CO)CC1.I. The smallest absolute Gasteiger partial charge is 0.0786 e. The van der Waals surface area contributed by atoms with E-state index in [1.807, 2.05) is 0 Å². The van der Waals surface area contributed by atoms with Crippen molar-refractivity contribution in [3.05, 3.63) is 0 Å². The number of aliphatic hydroxyl groups is 1. The van der Waals surface area contributed by atoms with Gasteiger partial charge < -0.3 is 19.5 Å². The molecular formula is C10H22INO3. The largest absolute Gasteiger partial charge is 0.550 e. The van der Waals surface area contributed by atoms with Gasteiger partial charge in [0, 0.05) is 25.4 Å². The minimum atomic E-state index is -1.08. The predicted octanol–water partition coefficient (Wildman–Crippen LogP) is -0.161. The third-order valence-electron chi connectivity index (χ3n) is 2.54. The van der Waals surface area contributed by atoms with Crippen molar-refractivity contribution in [1.82, 2.24) is 0 Å². The van der Waals surface area contributed by atoms with Gasteiger partial charge in [-0.2, -0.15) is 0 Å². The van der Waals surface area contributed by atoms with Crippen LogP contribution in [0.2, 0.25) is 0 Å². The second-order valence-electron chi connectivity index (χ2n) is 4.50. The van der Waals surface area contributed by atoms with Crippen LogP contribution >= 0.6 is 24.0 Å². The molecule has 5 heteroatoms. The van der Waals surface area contributed by atoms with Crippen LogP contribution in [0.5, 0.6) is 0 Å². The van der Waals surface area contributed by atoms with E-state index in [4.69, 9.17) is 15.0 Å². The molecular weight excluding hydrogens is 309 g/mol. The first-order valence-corrected chi connectivity index (χ1v) is 4.98. The summed E-state index contributed by atoms with van der Waals surface area (Å²) in [5.41, 5.74) is 0. The average Bonchev–Trinajstić information content (AvgIpc) is 2.03. The Kier molecular flexibility index (Phi) is 9.68. The molecule has 0 atom stereocenters. The van der Waals surface area contributed by atoms with E-state index in [0.717, 1.165) is 11.4 Å². The Hall–Kier alpha value is 0.120. The summed E-state index contributed by atoms with van der Waals surface area (Å²) >= 11 is 0. The number of nitrogens with zero attached hydrogens (tertiary/aromatic N) is 1. The van der Waals surface area contributed by atoms with Crippen molar-refractivity contribution in [3.63, 3.8) is 0 Å². The van der Waals surface area contributed by atoms with Crippen molar-refractivity contribution in [3.8, 4) is 0 Å². The van der Waals surface area contributed by atoms with E-state index in [1.54, 1.807) is 0 Å². The summed E-state index contributed by atoms with van der Waals surface area (Å²) < 4.78 is 1.14. The number of carbonyl (C=O) groups is 1. The van der Waals surface area contributed by atoms with E-state index < -0.39 is 5.97 Å². The number of carboxylic acids is 1. The topological polar surface area (TPSA) is 60.4 Å². The molecule has 1 aliphatic heterocycles. The van der Waals surface area contributed by atoms with Crippen molar-refractivity contribution in [2.75, 3.05) is 33.8 Å². The minimum absolute atomic E-state index is 0. The Morgan fingerprint density at radius 3 is 2.00 bits per heavy atom. The van der Waals surface area contributed by atoms with Crippen LogP contribution in [0.25, 0.3) is 0 Å². The molecule has 1 aliphatic rings. The lowest BCUT2D eigenvalue weighted by molar-refractivity contribution is -0.896. The van der Waals surface area contributed by atoms with Gasteiger partial charge in [-0.15, -0.1) is 24.0 Å². The molecule has 0 saturated carbocycles. The molecule has 4 nitrogen and oxygen atoms in total. The summed E-state index contributed by atoms with van der Waals surface area (Å²) in [5, 5.41) is 17.7. The number of quaternary nitrogens is 1. The van der Waals surface area contributed by atoms with E-state index in [-0.39, 0.29) is 24.0 Å². The molecule has 1 rings (SSSR count). The fourth-order valence-corrected chi connectivity index (χ4v) is 1.50. The van der Waals surface area contributed by atoms with Gasteiger partial charge in [-0.05, 0) is 12.8 Å². The van der Waals surface area contributed by atoms with E-state index in [0.29, 0.717) is 12.5 Å². The molecule has 92 valence electrons. The second-order valence-corrected chi connectivity index (χ2v) is 4.50. The molecule has 0 radical (unpaired) electrons. The molecule has 1 N–H and O–H groups in total. The van der Waals surface area contributed by atoms with Gasteiger partial charge in [0.2, 0.25) is 0 Å². The van der Waals surface area contributed by atoms with Crippen LogP contribution in [0.3, 0.4) is 0 Å². The van der Waals surface area contributed by atoms with E-state index in [2.05, 4.69) is 14.1 Å². The number of aliphatic hydroxyl groups excluding tert-OH is 1. The summed E-state index contributed by atoms with van der Waals surface area (Å²) in [6, 6.07) is 0. The third-order valence-corrected chi connectivity index (χ3v) is 2.54. The zero-order valence-electron chi connectivity index (χ0n) is 9.73. The van der Waals surface area contributed by atoms with Crippen LogP contribution in [0.4, 0.5) is 0 Å². The third kappa shape index (κ3) is 10.4. The van der Waals surface area contributed by atoms with Gasteiger partial charge >= 0.3 is 0 Å². The number of rotatable bonds is 1. The molecule has 0 aromatic rings. The summed E-state index contributed by atoms with van der Waals surface area (Å²) in [6.07, 6.45) is 2.40. The predicted molar refractivity (Wildman–Crippen MR) is 67.7 cm³/mol. The van der Waals surface area contributed by atoms with Crippen LogP contribution in [0.15, 0.2) is 0 Å². The number of carboxylic acid groups (broad SMARTS) is 1. The summed E-state index contributed by atoms with van der Waals surface area (Å²) in [5.74, 6) is -0.494. The maximum atomic E-state index is 8.89. The molecule has 0 aromatic heterocycles. The lowest BCUT2D eigenvalue weighted by atomic mass is 9.97. The number of piperidine rings is 1. The van der Waals surface area contributed by atoms with Crippen molar-refractivity contribution >= 4 is 29.9 Å². The highest BCUT2D eigenvalue weighted by molar-refractivity contribution is 14.0. The number of hydrogen-bond donors (Lipinski definition) is 1. The maximum absolute atomic E-state index is 8.89. The highest BCUT2D eigenvalue weighted by atomic mass is 127. The zero-order chi connectivity index (χ0) is 11.2. The molecule has 0 unspecified atom stereocenters. The highest BCUT2D eigenvalue weighted by Gasteiger charge is 2.24. The van der Waals surface area contributed by atoms with Gasteiger partial charge in [-0.1, -0.05) is 0 Å². The Bertz CT molecular complexity index is 172. The lowest BCUT2D eigenvalue weighted by Gasteiger charge is -2.36. The molecule has 0 bridgehead atoms. The monoisotopic (exact) mass is 331 g/mol. The van der Waals surface area contributed by atoms with Gasteiger partial charge in [0.05, 0.1) is 27.2 Å². The molecule has 0 spiro atoms. The Morgan fingerprint density at radius 1 is 1.40 bits per heavy atom. The average molecular weight is 331 g/mol. The number of carbonyl (C=O) groups excluding carboxylic acids is 1. The number of hydrogen-bond acceptors (Lipinski definition) is 3. The quantitative estimate of drug-likeness (QED) is 0.537. The Morgan fingerprint density at radius 2 is 1.73 bits per heavy atom. The van der Waals surface area contributed by atoms with E-state index in [9.17, 15) is 0 Å². The molecule has 15 heavy (non-hydrogen) atoms. The number of likely N-dealkylation sites (tertiary alicyclic amines) is 1. The number of halogens is 1. The van der Waals surface area contributed by atoms with Crippen molar-refractivity contribution in [2.24, 2.45) is 5.92 Å². The van der Waals surface area contributed by atoms with Crippen LogP contribution in [-0.2, 0) is 4.79 Å². The van der Waals surface area contributed by atoms with Crippen LogP contribution in [0.1, 0.15) is 19.8 Å². The van der Waals surface area contributed by atoms with Crippen molar-refractivity contribution < 1.29 is 19.5 Å². The fraction of sp³-hybridized carbons (Fsp3) is 0.900. The Balaban J connectivity index is 0. The number of aliphatic carboxylic acids is 1. The van der Waals surface area contributed by atoms with Crippen LogP contribution < -0.4 is 5.11 Å². The van der Waals surface area contributed by atoms with E-state index >= 15 is 0 Å². The van der Waals surface area contributed by atoms with Gasteiger partial charge in [-0.25, -0.2) is 0 Å². The maximum Gasteiger partial charge on any atom is 0.0786 e. The minimum Gasteiger partial charge on any atom is -0.550 e. The first-order valence-electron chi connectivity index (χ1n) is 4.98. The molecule has 0 aliphatic carbocycles. The summed E-state index contributed by atoms with van der Waals surface area (Å²) in [7, 11) is 4.52. The van der Waals surface area contributed by atoms with E-state index in [1.165, 1.54) is 25.9 Å². The second kappa shape index (κ2) is 8.29. The van der Waals surface area contributed by atoms with Crippen LogP contribution in [0, 0.1) is 5.92 Å². The van der Waals surface area contributed by atoms with Gasteiger partial charge in [0.1, 0.15) is 0 Å². The van der Waals surface area contributed by atoms with Crippen molar-refractivity contribution in [2.45, 2.75) is 19.8 Å². The zero-order valence-corrected chi connectivity index (χ0v) is 12.1. The fourth-order valence-electron chi connectivity index (χ4n) is 1.50. The molecule has 1 fully saturated rings. The molecule has 1 heterocycles. The lowest BCUT2D eigenvalue weighted by Crippen LogP contribution is -2.46. The molecule has 0 amide bonds. The van der Waals surface area contributed by atoms with Gasteiger partial charge in [-0.3, -0.25) is 0 Å². The van der Waals surface area contributed by atoms with Crippen molar-refractivity contribution in [1.29, 1.82) is 0 Å². The molecule has 0 aromatic carbocycles.